The summed E-state index contributed by atoms with van der Waals surface area (Å²) < 4.78 is 1.98. The molecule has 0 saturated carbocycles. The predicted octanol–water partition coefficient (Wildman–Crippen LogP) is 1.13. The van der Waals surface area contributed by atoms with Crippen LogP contribution in [-0.2, 0) is 7.05 Å². The number of nitrogens with one attached hydrogen (secondary N) is 1. The number of nitrogens with zero attached hydrogens (tertiary/aromatic N) is 3. The zero-order valence-electron chi connectivity index (χ0n) is 9.64. The molecule has 0 amide bonds. The fourth-order valence-corrected chi connectivity index (χ4v) is 1.70. The van der Waals surface area contributed by atoms with Gasteiger partial charge in [-0.2, -0.15) is 5.10 Å². The molecule has 17 heavy (non-hydrogen) atoms. The Balaban J connectivity index is 2.45. The molecule has 0 saturated heterocycles. The number of para-hydroxylation sites is 2. The van der Waals surface area contributed by atoms with Gasteiger partial charge >= 0.3 is 0 Å². The van der Waals surface area contributed by atoms with Crippen molar-refractivity contribution >= 4 is 34.1 Å². The van der Waals surface area contributed by atoms with Crippen molar-refractivity contribution in [1.82, 2.24) is 15.0 Å². The van der Waals surface area contributed by atoms with Crippen molar-refractivity contribution in [3.63, 3.8) is 0 Å². The van der Waals surface area contributed by atoms with E-state index in [1.54, 1.807) is 0 Å². The van der Waals surface area contributed by atoms with E-state index in [1.165, 1.54) is 0 Å². The van der Waals surface area contributed by atoms with Crippen LogP contribution in [0.4, 0.5) is 0 Å². The molecule has 3 N–H and O–H groups in total. The van der Waals surface area contributed by atoms with Gasteiger partial charge in [-0.25, -0.2) is 4.98 Å². The topological polar surface area (TPSA) is 68.2 Å². The molecule has 0 aliphatic rings. The molecular formula is C11H13N5S. The lowest BCUT2D eigenvalue weighted by Gasteiger charge is -2.02. The number of rotatable bonds is 2. The fraction of sp³-hybridized carbons (Fsp3) is 0.182. The van der Waals surface area contributed by atoms with E-state index < -0.39 is 0 Å². The normalized spacial score (nSPS) is 11.8. The van der Waals surface area contributed by atoms with Gasteiger partial charge in [-0.05, 0) is 31.3 Å². The molecule has 0 atom stereocenters. The molecule has 1 aromatic carbocycles. The first-order valence-corrected chi connectivity index (χ1v) is 5.52. The largest absolute Gasteiger partial charge is 0.375 e. The Labute approximate surface area is 104 Å². The van der Waals surface area contributed by atoms with Crippen molar-refractivity contribution in [2.75, 3.05) is 0 Å². The molecule has 0 aliphatic heterocycles. The standard InChI is InChI=1S/C11H13N5S/c1-7(14-15-11(12)17)10-13-8-5-3-4-6-9(8)16(10)2/h3-6H,1-2H3,(H3,12,15,17)/b14-7+. The zero-order valence-corrected chi connectivity index (χ0v) is 10.5. The van der Waals surface area contributed by atoms with E-state index in [4.69, 9.17) is 18.0 Å². The van der Waals surface area contributed by atoms with Crippen LogP contribution >= 0.6 is 12.2 Å². The van der Waals surface area contributed by atoms with Gasteiger partial charge in [-0.15, -0.1) is 0 Å². The SMILES string of the molecule is C/C(=N\NC(N)=S)c1nc2ccccc2n1C. The van der Waals surface area contributed by atoms with Gasteiger partial charge < -0.3 is 10.3 Å². The number of hydrogen-bond acceptors (Lipinski definition) is 3. The summed E-state index contributed by atoms with van der Waals surface area (Å²) in [5.74, 6) is 0.787. The van der Waals surface area contributed by atoms with Crippen LogP contribution in [0, 0.1) is 0 Å². The Morgan fingerprint density at radius 2 is 2.18 bits per heavy atom. The maximum absolute atomic E-state index is 5.32. The molecule has 2 rings (SSSR count). The number of hydrazone groups is 1. The monoisotopic (exact) mass is 247 g/mol. The highest BCUT2D eigenvalue weighted by atomic mass is 32.1. The Morgan fingerprint density at radius 1 is 1.47 bits per heavy atom. The van der Waals surface area contributed by atoms with E-state index >= 15 is 0 Å². The van der Waals surface area contributed by atoms with E-state index in [-0.39, 0.29) is 5.11 Å². The van der Waals surface area contributed by atoms with Crippen LogP contribution in [0.5, 0.6) is 0 Å². The lowest BCUT2D eigenvalue weighted by Crippen LogP contribution is -2.25. The summed E-state index contributed by atoms with van der Waals surface area (Å²) in [7, 11) is 1.95. The molecule has 2 aromatic rings. The first kappa shape index (κ1) is 11.5. The maximum Gasteiger partial charge on any atom is 0.184 e. The molecule has 0 unspecified atom stereocenters. The van der Waals surface area contributed by atoms with Crippen LogP contribution in [0.25, 0.3) is 11.0 Å². The summed E-state index contributed by atoms with van der Waals surface area (Å²) >= 11 is 4.69. The fourth-order valence-electron chi connectivity index (χ4n) is 1.66. The van der Waals surface area contributed by atoms with Crippen molar-refractivity contribution in [3.05, 3.63) is 30.1 Å². The van der Waals surface area contributed by atoms with Crippen molar-refractivity contribution < 1.29 is 0 Å². The molecule has 1 aromatic heterocycles. The molecular weight excluding hydrogens is 234 g/mol. The van der Waals surface area contributed by atoms with E-state index in [9.17, 15) is 0 Å². The quantitative estimate of drug-likeness (QED) is 0.474. The highest BCUT2D eigenvalue weighted by Gasteiger charge is 2.09. The molecule has 0 spiro atoms. The zero-order chi connectivity index (χ0) is 12.4. The number of fused-ring (bicyclic) bond motifs is 1. The van der Waals surface area contributed by atoms with Crippen molar-refractivity contribution in [3.8, 4) is 0 Å². The third-order valence-corrected chi connectivity index (χ3v) is 2.54. The van der Waals surface area contributed by atoms with Gasteiger partial charge in [0.25, 0.3) is 0 Å². The number of thiocarbonyl (C=S) groups is 1. The summed E-state index contributed by atoms with van der Waals surface area (Å²) in [5, 5.41) is 4.21. The van der Waals surface area contributed by atoms with Crippen LogP contribution in [-0.4, -0.2) is 20.4 Å². The highest BCUT2D eigenvalue weighted by molar-refractivity contribution is 7.80. The van der Waals surface area contributed by atoms with Gasteiger partial charge in [0.2, 0.25) is 0 Å². The van der Waals surface area contributed by atoms with Gasteiger partial charge in [-0.3, -0.25) is 5.43 Å². The molecule has 6 heteroatoms. The van der Waals surface area contributed by atoms with E-state index in [2.05, 4.69) is 15.5 Å². The Morgan fingerprint density at radius 3 is 2.82 bits per heavy atom. The maximum atomic E-state index is 5.32. The Bertz CT molecular complexity index is 599. The second-order valence-electron chi connectivity index (χ2n) is 3.66. The van der Waals surface area contributed by atoms with Gasteiger partial charge in [0.15, 0.2) is 10.9 Å². The second-order valence-corrected chi connectivity index (χ2v) is 4.10. The predicted molar refractivity (Wildman–Crippen MR) is 72.8 cm³/mol. The smallest absolute Gasteiger partial charge is 0.184 e. The van der Waals surface area contributed by atoms with Crippen LogP contribution < -0.4 is 11.2 Å². The number of imidazole rings is 1. The number of aromatic nitrogens is 2. The summed E-state index contributed by atoms with van der Waals surface area (Å²) in [6.45, 7) is 1.85. The van der Waals surface area contributed by atoms with Gasteiger partial charge in [0.1, 0.15) is 5.71 Å². The molecule has 5 nitrogen and oxygen atoms in total. The third kappa shape index (κ3) is 2.26. The van der Waals surface area contributed by atoms with Crippen LogP contribution in [0.3, 0.4) is 0 Å². The first-order valence-electron chi connectivity index (χ1n) is 5.11. The summed E-state index contributed by atoms with van der Waals surface area (Å²) in [5.41, 5.74) is 10.6. The number of hydrogen-bond donors (Lipinski definition) is 2. The van der Waals surface area contributed by atoms with Crippen molar-refractivity contribution in [1.29, 1.82) is 0 Å². The minimum atomic E-state index is 0.142. The molecule has 88 valence electrons. The highest BCUT2D eigenvalue weighted by Crippen LogP contribution is 2.14. The number of aryl methyl sites for hydroxylation is 1. The molecule has 0 radical (unpaired) electrons. The van der Waals surface area contributed by atoms with Gasteiger partial charge in [0.05, 0.1) is 11.0 Å². The molecule has 0 aliphatic carbocycles. The summed E-state index contributed by atoms with van der Waals surface area (Å²) in [4.78, 5) is 4.50. The van der Waals surface area contributed by atoms with Gasteiger partial charge in [-0.1, -0.05) is 12.1 Å². The summed E-state index contributed by atoms with van der Waals surface area (Å²) in [6.07, 6.45) is 0. The summed E-state index contributed by atoms with van der Waals surface area (Å²) in [6, 6.07) is 7.92. The average Bonchev–Trinajstić information content (AvgIpc) is 2.64. The minimum absolute atomic E-state index is 0.142. The molecule has 0 fully saturated rings. The third-order valence-electron chi connectivity index (χ3n) is 2.44. The van der Waals surface area contributed by atoms with E-state index in [0.29, 0.717) is 0 Å². The molecule has 1 heterocycles. The minimum Gasteiger partial charge on any atom is -0.375 e. The van der Waals surface area contributed by atoms with Crippen LogP contribution in [0.1, 0.15) is 12.7 Å². The van der Waals surface area contributed by atoms with Crippen molar-refractivity contribution in [2.24, 2.45) is 17.9 Å². The van der Waals surface area contributed by atoms with Crippen LogP contribution in [0.15, 0.2) is 29.4 Å². The lowest BCUT2D eigenvalue weighted by atomic mass is 10.3. The van der Waals surface area contributed by atoms with Crippen molar-refractivity contribution in [2.45, 2.75) is 6.92 Å². The van der Waals surface area contributed by atoms with Crippen LogP contribution in [0.2, 0.25) is 0 Å². The molecule has 0 bridgehead atoms. The van der Waals surface area contributed by atoms with E-state index in [0.717, 1.165) is 22.6 Å². The number of nitrogens with two attached hydrogens (primary N) is 1. The second kappa shape index (κ2) is 4.50. The number of benzene rings is 1. The first-order chi connectivity index (χ1) is 8.09. The average molecular weight is 247 g/mol. The Kier molecular flexibility index (Phi) is 3.06. The van der Waals surface area contributed by atoms with Gasteiger partial charge in [0, 0.05) is 7.05 Å². The Hall–Kier alpha value is -1.95. The lowest BCUT2D eigenvalue weighted by molar-refractivity contribution is 0.917. The van der Waals surface area contributed by atoms with E-state index in [1.807, 2.05) is 42.8 Å².